The Morgan fingerprint density at radius 3 is 2.68 bits per heavy atom. The van der Waals surface area contributed by atoms with Gasteiger partial charge in [0.2, 0.25) is 0 Å². The molecule has 1 aromatic carbocycles. The number of nitrogens with two attached hydrogens (primary N) is 1. The number of ether oxygens (including phenoxy) is 1. The summed E-state index contributed by atoms with van der Waals surface area (Å²) in [4.78, 5) is 23.8. The van der Waals surface area contributed by atoms with Crippen LogP contribution in [0.2, 0.25) is 0 Å². The van der Waals surface area contributed by atoms with E-state index in [2.05, 4.69) is 0 Å². The molecule has 2 N–H and O–H groups in total. The number of nitro groups is 1. The molecule has 0 aromatic heterocycles. The second-order valence-corrected chi connectivity index (χ2v) is 4.14. The highest BCUT2D eigenvalue weighted by Crippen LogP contribution is 2.28. The van der Waals surface area contributed by atoms with Gasteiger partial charge in [-0.15, -0.1) is 0 Å². The predicted octanol–water partition coefficient (Wildman–Crippen LogP) is 1.02. The number of carbonyl (C=O) groups is 1. The monoisotopic (exact) mass is 267 g/mol. The van der Waals surface area contributed by atoms with Crippen molar-refractivity contribution in [2.45, 2.75) is 13.0 Å². The van der Waals surface area contributed by atoms with Crippen molar-refractivity contribution in [3.8, 4) is 5.75 Å². The molecule has 0 aliphatic heterocycles. The minimum absolute atomic E-state index is 0.0599. The van der Waals surface area contributed by atoms with Crippen molar-refractivity contribution >= 4 is 11.6 Å². The predicted molar refractivity (Wildman–Crippen MR) is 70.3 cm³/mol. The second kappa shape index (κ2) is 6.14. The molecule has 19 heavy (non-hydrogen) atoms. The molecule has 7 heteroatoms. The number of nitro benzene ring substituents is 1. The normalized spacial score (nSPS) is 11.8. The molecular weight excluding hydrogens is 250 g/mol. The fourth-order valence-corrected chi connectivity index (χ4v) is 1.52. The van der Waals surface area contributed by atoms with Crippen molar-refractivity contribution in [2.24, 2.45) is 5.73 Å². The lowest BCUT2D eigenvalue weighted by atomic mass is 10.1. The molecule has 0 spiro atoms. The molecule has 0 bridgehead atoms. The third kappa shape index (κ3) is 3.19. The molecule has 0 aliphatic rings. The topological polar surface area (TPSA) is 98.7 Å². The Hall–Kier alpha value is -2.15. The third-order valence-electron chi connectivity index (χ3n) is 2.95. The number of benzene rings is 1. The van der Waals surface area contributed by atoms with Crippen LogP contribution in [0.4, 0.5) is 5.69 Å². The second-order valence-electron chi connectivity index (χ2n) is 4.14. The molecule has 0 saturated carbocycles. The van der Waals surface area contributed by atoms with E-state index in [1.54, 1.807) is 7.05 Å². The number of amides is 1. The van der Waals surface area contributed by atoms with Crippen LogP contribution in [-0.4, -0.2) is 42.5 Å². The van der Waals surface area contributed by atoms with Gasteiger partial charge in [0.15, 0.2) is 5.75 Å². The SMILES string of the molecule is COc1cc(C(=O)N(C)C(C)CN)ccc1[N+](=O)[O-]. The van der Waals surface area contributed by atoms with Crippen molar-refractivity contribution in [3.05, 3.63) is 33.9 Å². The molecule has 1 amide bonds. The van der Waals surface area contributed by atoms with E-state index < -0.39 is 4.92 Å². The average molecular weight is 267 g/mol. The van der Waals surface area contributed by atoms with Gasteiger partial charge in [0.25, 0.3) is 5.91 Å². The molecule has 0 aliphatic carbocycles. The van der Waals surface area contributed by atoms with Gasteiger partial charge in [-0.1, -0.05) is 0 Å². The zero-order valence-electron chi connectivity index (χ0n) is 11.1. The Balaban J connectivity index is 3.09. The number of likely N-dealkylation sites (N-methyl/N-ethyl adjacent to an activating group) is 1. The quantitative estimate of drug-likeness (QED) is 0.634. The van der Waals surface area contributed by atoms with Crippen molar-refractivity contribution < 1.29 is 14.5 Å². The van der Waals surface area contributed by atoms with E-state index in [1.165, 1.54) is 30.2 Å². The average Bonchev–Trinajstić information content (AvgIpc) is 2.43. The Kier molecular flexibility index (Phi) is 4.82. The molecule has 1 rings (SSSR count). The third-order valence-corrected chi connectivity index (χ3v) is 2.95. The van der Waals surface area contributed by atoms with Crippen LogP contribution in [0.15, 0.2) is 18.2 Å². The number of carbonyl (C=O) groups excluding carboxylic acids is 1. The Labute approximate surface area is 111 Å². The smallest absolute Gasteiger partial charge is 0.310 e. The van der Waals surface area contributed by atoms with Gasteiger partial charge < -0.3 is 15.4 Å². The zero-order valence-corrected chi connectivity index (χ0v) is 11.1. The van der Waals surface area contributed by atoms with Crippen molar-refractivity contribution in [1.29, 1.82) is 0 Å². The van der Waals surface area contributed by atoms with Crippen molar-refractivity contribution in [1.82, 2.24) is 4.90 Å². The Morgan fingerprint density at radius 1 is 1.58 bits per heavy atom. The number of hydrogen-bond donors (Lipinski definition) is 1. The molecule has 0 radical (unpaired) electrons. The molecule has 7 nitrogen and oxygen atoms in total. The van der Waals surface area contributed by atoms with E-state index in [0.29, 0.717) is 12.1 Å². The van der Waals surface area contributed by atoms with E-state index in [0.717, 1.165) is 0 Å². The first-order valence-corrected chi connectivity index (χ1v) is 5.72. The van der Waals surface area contributed by atoms with E-state index >= 15 is 0 Å². The molecule has 0 saturated heterocycles. The summed E-state index contributed by atoms with van der Waals surface area (Å²) in [5.41, 5.74) is 5.65. The maximum absolute atomic E-state index is 12.1. The van der Waals surface area contributed by atoms with Gasteiger partial charge in [-0.05, 0) is 13.0 Å². The summed E-state index contributed by atoms with van der Waals surface area (Å²) in [5.74, 6) is -0.198. The van der Waals surface area contributed by atoms with E-state index in [9.17, 15) is 14.9 Å². The van der Waals surface area contributed by atoms with Gasteiger partial charge in [0.05, 0.1) is 12.0 Å². The Morgan fingerprint density at radius 2 is 2.21 bits per heavy atom. The highest BCUT2D eigenvalue weighted by Gasteiger charge is 2.21. The summed E-state index contributed by atoms with van der Waals surface area (Å²) < 4.78 is 4.93. The maximum atomic E-state index is 12.1. The van der Waals surface area contributed by atoms with Crippen LogP contribution in [0.3, 0.4) is 0 Å². The summed E-state index contributed by atoms with van der Waals surface area (Å²) in [6.45, 7) is 2.16. The van der Waals surface area contributed by atoms with Gasteiger partial charge in [0.1, 0.15) is 0 Å². The highest BCUT2D eigenvalue weighted by molar-refractivity contribution is 5.95. The first kappa shape index (κ1) is 14.9. The first-order valence-electron chi connectivity index (χ1n) is 5.72. The standard InChI is InChI=1S/C12H17N3O4/c1-8(7-13)14(2)12(16)9-4-5-10(15(17)18)11(6-9)19-3/h4-6,8H,7,13H2,1-3H3. The minimum atomic E-state index is -0.556. The zero-order chi connectivity index (χ0) is 14.6. The van der Waals surface area contributed by atoms with Crippen LogP contribution in [0, 0.1) is 10.1 Å². The molecule has 104 valence electrons. The largest absolute Gasteiger partial charge is 0.490 e. The molecule has 0 heterocycles. The first-order chi connectivity index (χ1) is 8.92. The van der Waals surface area contributed by atoms with E-state index in [1.807, 2.05) is 6.92 Å². The summed E-state index contributed by atoms with van der Waals surface area (Å²) in [6, 6.07) is 3.91. The number of rotatable bonds is 5. The van der Waals surface area contributed by atoms with E-state index in [4.69, 9.17) is 10.5 Å². The summed E-state index contributed by atoms with van der Waals surface area (Å²) in [7, 11) is 2.95. The van der Waals surface area contributed by atoms with Crippen molar-refractivity contribution in [2.75, 3.05) is 20.7 Å². The lowest BCUT2D eigenvalue weighted by Gasteiger charge is -2.23. The minimum Gasteiger partial charge on any atom is -0.490 e. The van der Waals surface area contributed by atoms with Crippen LogP contribution in [0.25, 0.3) is 0 Å². The van der Waals surface area contributed by atoms with Crippen LogP contribution >= 0.6 is 0 Å². The van der Waals surface area contributed by atoms with Crippen LogP contribution in [-0.2, 0) is 0 Å². The van der Waals surface area contributed by atoms with Gasteiger partial charge in [0, 0.05) is 37.3 Å². The number of hydrogen-bond acceptors (Lipinski definition) is 5. The van der Waals surface area contributed by atoms with Crippen LogP contribution in [0.5, 0.6) is 5.75 Å². The van der Waals surface area contributed by atoms with Gasteiger partial charge in [-0.2, -0.15) is 0 Å². The van der Waals surface area contributed by atoms with Gasteiger partial charge in [-0.3, -0.25) is 14.9 Å². The summed E-state index contributed by atoms with van der Waals surface area (Å²) >= 11 is 0. The van der Waals surface area contributed by atoms with Crippen molar-refractivity contribution in [3.63, 3.8) is 0 Å². The van der Waals surface area contributed by atoms with Crippen LogP contribution < -0.4 is 10.5 Å². The summed E-state index contributed by atoms with van der Waals surface area (Å²) in [6.07, 6.45) is 0. The fraction of sp³-hybridized carbons (Fsp3) is 0.417. The van der Waals surface area contributed by atoms with Crippen LogP contribution in [0.1, 0.15) is 17.3 Å². The molecule has 0 fully saturated rings. The fourth-order valence-electron chi connectivity index (χ4n) is 1.52. The maximum Gasteiger partial charge on any atom is 0.310 e. The number of methoxy groups -OCH3 is 1. The molecule has 1 atom stereocenters. The lowest BCUT2D eigenvalue weighted by molar-refractivity contribution is -0.385. The molecular formula is C12H17N3O4. The summed E-state index contributed by atoms with van der Waals surface area (Å²) in [5, 5.41) is 10.8. The van der Waals surface area contributed by atoms with E-state index in [-0.39, 0.29) is 23.4 Å². The Bertz CT molecular complexity index is 490. The highest BCUT2D eigenvalue weighted by atomic mass is 16.6. The number of nitrogens with zero attached hydrogens (tertiary/aromatic N) is 2. The molecule has 1 aromatic rings. The van der Waals surface area contributed by atoms with Gasteiger partial charge >= 0.3 is 5.69 Å². The van der Waals surface area contributed by atoms with Gasteiger partial charge in [-0.25, -0.2) is 0 Å². The lowest BCUT2D eigenvalue weighted by Crippen LogP contribution is -2.39. The molecule has 1 unspecified atom stereocenters.